The highest BCUT2D eigenvalue weighted by molar-refractivity contribution is 5.92. The third-order valence-corrected chi connectivity index (χ3v) is 4.46. The molecule has 132 valence electrons. The van der Waals surface area contributed by atoms with Crippen LogP contribution in [0.2, 0.25) is 0 Å². The number of anilines is 2. The van der Waals surface area contributed by atoms with Gasteiger partial charge in [0.05, 0.1) is 17.8 Å². The van der Waals surface area contributed by atoms with Crippen molar-refractivity contribution in [2.24, 2.45) is 0 Å². The molecule has 3 rings (SSSR count). The Kier molecular flexibility index (Phi) is 4.90. The maximum absolute atomic E-state index is 12.5. The summed E-state index contributed by atoms with van der Waals surface area (Å²) in [5.41, 5.74) is 3.66. The van der Waals surface area contributed by atoms with Crippen LogP contribution < -0.4 is 15.5 Å². The van der Waals surface area contributed by atoms with Crippen molar-refractivity contribution in [1.29, 1.82) is 0 Å². The van der Waals surface area contributed by atoms with Crippen molar-refractivity contribution in [2.75, 3.05) is 24.3 Å². The van der Waals surface area contributed by atoms with Gasteiger partial charge in [-0.05, 0) is 43.0 Å². The Morgan fingerprint density at radius 3 is 2.76 bits per heavy atom. The number of amides is 2. The molecule has 3 N–H and O–H groups in total. The molecule has 0 saturated carbocycles. The Labute approximate surface area is 147 Å². The summed E-state index contributed by atoms with van der Waals surface area (Å²) < 4.78 is 0. The fraction of sp³-hybridized carbons (Fsp3) is 0.368. The second kappa shape index (κ2) is 7.11. The third kappa shape index (κ3) is 3.74. The monoisotopic (exact) mass is 340 g/mol. The van der Waals surface area contributed by atoms with Crippen molar-refractivity contribution in [3.8, 4) is 0 Å². The zero-order chi connectivity index (χ0) is 18.0. The Morgan fingerprint density at radius 2 is 2.00 bits per heavy atom. The lowest BCUT2D eigenvalue weighted by molar-refractivity contribution is 0.115. The first kappa shape index (κ1) is 17.2. The van der Waals surface area contributed by atoms with Crippen molar-refractivity contribution in [3.63, 3.8) is 0 Å². The number of aryl methyl sites for hydroxylation is 2. The summed E-state index contributed by atoms with van der Waals surface area (Å²) in [5.74, 6) is 0.694. The number of urea groups is 1. The number of nitrogens with zero attached hydrogens (tertiary/aromatic N) is 2. The summed E-state index contributed by atoms with van der Waals surface area (Å²) in [6, 6.07) is 10.8. The average molecular weight is 340 g/mol. The second-order valence-corrected chi connectivity index (χ2v) is 6.60. The number of rotatable bonds is 3. The molecule has 1 heterocycles. The topological polar surface area (TPSA) is 77.5 Å². The molecule has 0 aliphatic heterocycles. The largest absolute Gasteiger partial charge is 0.391 e. The van der Waals surface area contributed by atoms with E-state index in [-0.39, 0.29) is 6.03 Å². The first-order chi connectivity index (χ1) is 12.0. The molecule has 0 fully saturated rings. The summed E-state index contributed by atoms with van der Waals surface area (Å²) in [5, 5.41) is 16.1. The van der Waals surface area contributed by atoms with E-state index in [9.17, 15) is 9.90 Å². The molecule has 0 radical (unpaired) electrons. The summed E-state index contributed by atoms with van der Waals surface area (Å²) >= 11 is 0. The van der Waals surface area contributed by atoms with Crippen LogP contribution >= 0.6 is 0 Å². The number of aliphatic hydroxyl groups is 1. The summed E-state index contributed by atoms with van der Waals surface area (Å²) in [6.07, 6.45) is 0.867. The number of fused-ring (bicyclic) bond motifs is 1. The number of benzene rings is 1. The van der Waals surface area contributed by atoms with E-state index in [1.165, 1.54) is 5.56 Å². The van der Waals surface area contributed by atoms with Gasteiger partial charge in [0.1, 0.15) is 0 Å². The SMILES string of the molecule is Cc1ccc(NC(=O)N[C@H]2c3ccccc3CC[C@H]2O)c(N(C)C)n1. The van der Waals surface area contributed by atoms with Gasteiger partial charge in [-0.3, -0.25) is 0 Å². The van der Waals surface area contributed by atoms with E-state index in [1.54, 1.807) is 0 Å². The number of aliphatic hydroxyl groups excluding tert-OH is 1. The Morgan fingerprint density at radius 1 is 1.24 bits per heavy atom. The first-order valence-electron chi connectivity index (χ1n) is 8.44. The molecular weight excluding hydrogens is 316 g/mol. The van der Waals surface area contributed by atoms with Crippen molar-refractivity contribution < 1.29 is 9.90 Å². The molecule has 0 bridgehead atoms. The maximum Gasteiger partial charge on any atom is 0.319 e. The lowest BCUT2D eigenvalue weighted by atomic mass is 9.86. The van der Waals surface area contributed by atoms with Crippen LogP contribution in [-0.2, 0) is 6.42 Å². The Bertz CT molecular complexity index is 776. The Balaban J connectivity index is 1.78. The standard InChI is InChI=1S/C19H24N4O2/c1-12-8-10-15(18(20-12)23(2)3)21-19(25)22-17-14-7-5-4-6-13(14)9-11-16(17)24/h4-8,10,16-17,24H,9,11H2,1-3H3,(H2,21,22,25)/t16-,17+/m1/s1. The van der Waals surface area contributed by atoms with Crippen LogP contribution in [-0.4, -0.2) is 36.3 Å². The molecule has 1 aliphatic carbocycles. The van der Waals surface area contributed by atoms with Gasteiger partial charge in [0.25, 0.3) is 0 Å². The van der Waals surface area contributed by atoms with Crippen LogP contribution in [0.25, 0.3) is 0 Å². The summed E-state index contributed by atoms with van der Waals surface area (Å²) in [4.78, 5) is 18.8. The molecule has 0 saturated heterocycles. The maximum atomic E-state index is 12.5. The molecule has 2 amide bonds. The van der Waals surface area contributed by atoms with E-state index in [0.717, 1.165) is 17.7 Å². The van der Waals surface area contributed by atoms with Crippen LogP contribution in [0.3, 0.4) is 0 Å². The fourth-order valence-corrected chi connectivity index (χ4v) is 3.20. The van der Waals surface area contributed by atoms with E-state index in [0.29, 0.717) is 17.9 Å². The third-order valence-electron chi connectivity index (χ3n) is 4.46. The normalized spacial score (nSPS) is 19.0. The predicted molar refractivity (Wildman–Crippen MR) is 99.0 cm³/mol. The smallest absolute Gasteiger partial charge is 0.319 e. The van der Waals surface area contributed by atoms with Gasteiger partial charge in [-0.2, -0.15) is 0 Å². The van der Waals surface area contributed by atoms with E-state index >= 15 is 0 Å². The van der Waals surface area contributed by atoms with Crippen LogP contribution in [0.15, 0.2) is 36.4 Å². The molecule has 0 unspecified atom stereocenters. The van der Waals surface area contributed by atoms with Crippen LogP contribution in [0, 0.1) is 6.92 Å². The minimum Gasteiger partial charge on any atom is -0.391 e. The van der Waals surface area contributed by atoms with Gasteiger partial charge in [-0.1, -0.05) is 24.3 Å². The van der Waals surface area contributed by atoms with Gasteiger partial charge < -0.3 is 20.6 Å². The van der Waals surface area contributed by atoms with Crippen LogP contribution in [0.1, 0.15) is 29.3 Å². The predicted octanol–water partition coefficient (Wildman–Crippen LogP) is 2.63. The number of hydrogen-bond donors (Lipinski definition) is 3. The van der Waals surface area contributed by atoms with Crippen molar-refractivity contribution >= 4 is 17.5 Å². The molecule has 25 heavy (non-hydrogen) atoms. The molecule has 1 aliphatic rings. The molecule has 2 aromatic rings. The number of carbonyl (C=O) groups is 1. The van der Waals surface area contributed by atoms with Crippen LogP contribution in [0.4, 0.5) is 16.3 Å². The van der Waals surface area contributed by atoms with Crippen molar-refractivity contribution in [2.45, 2.75) is 31.9 Å². The lowest BCUT2D eigenvalue weighted by Gasteiger charge is -2.31. The molecule has 6 nitrogen and oxygen atoms in total. The molecular formula is C19H24N4O2. The lowest BCUT2D eigenvalue weighted by Crippen LogP contribution is -2.41. The highest BCUT2D eigenvalue weighted by Gasteiger charge is 2.29. The summed E-state index contributed by atoms with van der Waals surface area (Å²) in [7, 11) is 3.76. The zero-order valence-corrected chi connectivity index (χ0v) is 14.8. The van der Waals surface area contributed by atoms with E-state index in [4.69, 9.17) is 0 Å². The highest BCUT2D eigenvalue weighted by Crippen LogP contribution is 2.30. The van der Waals surface area contributed by atoms with Crippen LogP contribution in [0.5, 0.6) is 0 Å². The fourth-order valence-electron chi connectivity index (χ4n) is 3.20. The molecule has 1 aromatic heterocycles. The van der Waals surface area contributed by atoms with E-state index in [2.05, 4.69) is 15.6 Å². The highest BCUT2D eigenvalue weighted by atomic mass is 16.3. The number of hydrogen-bond acceptors (Lipinski definition) is 4. The second-order valence-electron chi connectivity index (χ2n) is 6.60. The van der Waals surface area contributed by atoms with Crippen molar-refractivity contribution in [1.82, 2.24) is 10.3 Å². The van der Waals surface area contributed by atoms with Crippen molar-refractivity contribution in [3.05, 3.63) is 53.2 Å². The number of carbonyl (C=O) groups excluding carboxylic acids is 1. The van der Waals surface area contributed by atoms with Gasteiger partial charge in [0.15, 0.2) is 5.82 Å². The van der Waals surface area contributed by atoms with Gasteiger partial charge in [-0.15, -0.1) is 0 Å². The quantitative estimate of drug-likeness (QED) is 0.803. The van der Waals surface area contributed by atoms with Gasteiger partial charge in [-0.25, -0.2) is 9.78 Å². The molecule has 0 spiro atoms. The molecule has 1 aromatic carbocycles. The Hall–Kier alpha value is -2.60. The number of aromatic nitrogens is 1. The molecule has 6 heteroatoms. The number of pyridine rings is 1. The molecule has 2 atom stereocenters. The van der Waals surface area contributed by atoms with Gasteiger partial charge >= 0.3 is 6.03 Å². The number of nitrogens with one attached hydrogen (secondary N) is 2. The van der Waals surface area contributed by atoms with Gasteiger partial charge in [0, 0.05) is 19.8 Å². The average Bonchev–Trinajstić information content (AvgIpc) is 2.59. The van der Waals surface area contributed by atoms with E-state index < -0.39 is 12.1 Å². The minimum atomic E-state index is -0.592. The van der Waals surface area contributed by atoms with E-state index in [1.807, 2.05) is 62.3 Å². The zero-order valence-electron chi connectivity index (χ0n) is 14.8. The minimum absolute atomic E-state index is 0.352. The van der Waals surface area contributed by atoms with Gasteiger partial charge in [0.2, 0.25) is 0 Å². The summed E-state index contributed by atoms with van der Waals surface area (Å²) in [6.45, 7) is 1.91. The first-order valence-corrected chi connectivity index (χ1v) is 8.44.